The van der Waals surface area contributed by atoms with Crippen LogP contribution in [0.4, 0.5) is 0 Å². The monoisotopic (exact) mass is 800 g/mol. The zero-order chi connectivity index (χ0) is 41.7. The molecule has 0 aromatic heterocycles. The summed E-state index contributed by atoms with van der Waals surface area (Å²) in [6.45, 7) is 6.27. The Kier molecular flexibility index (Phi) is 43.2. The number of rotatable bonds is 43. The second-order valence-electron chi connectivity index (χ2n) is 16.5. The standard InChI is InChI=1S/C51H93NO5/c1-4-7-10-13-16-19-21-23-24-25-26-28-29-31-34-37-40-43-49(54)48(46-53)52-50(55)45-47(42-39-36-33-18-15-12-9-6-3)57-51(56)44-41-38-35-32-30-27-22-20-17-14-11-8-5-2/h8,11-12,14-15,17,20,22,47-49,53-54H,4-7,9-10,13,16,18-19,21,23-46H2,1-3H3,(H,52,55)/b11-8+,15-12-,17-14+,22-20-. The lowest BCUT2D eigenvalue weighted by molar-refractivity contribution is -0.151. The van der Waals surface area contributed by atoms with Crippen LogP contribution in [0.15, 0.2) is 48.6 Å². The Hall–Kier alpha value is -2.18. The fourth-order valence-electron chi connectivity index (χ4n) is 7.26. The quantitative estimate of drug-likeness (QED) is 0.0247. The van der Waals surface area contributed by atoms with Gasteiger partial charge in [-0.1, -0.05) is 211 Å². The number of aliphatic hydroxyl groups is 2. The number of allylic oxidation sites excluding steroid dienone is 8. The van der Waals surface area contributed by atoms with E-state index < -0.39 is 18.2 Å². The van der Waals surface area contributed by atoms with E-state index in [2.05, 4.69) is 74.7 Å². The molecule has 0 radical (unpaired) electrons. The molecule has 332 valence electrons. The van der Waals surface area contributed by atoms with Crippen molar-refractivity contribution in [3.8, 4) is 0 Å². The van der Waals surface area contributed by atoms with Crippen molar-refractivity contribution in [2.75, 3.05) is 6.61 Å². The highest BCUT2D eigenvalue weighted by Gasteiger charge is 2.24. The molecule has 0 aliphatic rings. The third kappa shape index (κ3) is 40.4. The summed E-state index contributed by atoms with van der Waals surface area (Å²) in [4.78, 5) is 25.9. The Balaban J connectivity index is 4.42. The van der Waals surface area contributed by atoms with Gasteiger partial charge in [0.05, 0.1) is 25.2 Å². The molecule has 3 N–H and O–H groups in total. The van der Waals surface area contributed by atoms with E-state index in [-0.39, 0.29) is 24.9 Å². The number of nitrogens with one attached hydrogen (secondary N) is 1. The van der Waals surface area contributed by atoms with E-state index >= 15 is 0 Å². The Morgan fingerprint density at radius 1 is 0.526 bits per heavy atom. The summed E-state index contributed by atoms with van der Waals surface area (Å²) in [5.74, 6) is -0.516. The van der Waals surface area contributed by atoms with Crippen molar-refractivity contribution < 1.29 is 24.5 Å². The summed E-state index contributed by atoms with van der Waals surface area (Å²) in [5.41, 5.74) is 0. The van der Waals surface area contributed by atoms with Crippen LogP contribution in [0.5, 0.6) is 0 Å². The van der Waals surface area contributed by atoms with Crippen LogP contribution in [0.25, 0.3) is 0 Å². The van der Waals surface area contributed by atoms with Gasteiger partial charge in [0.1, 0.15) is 6.10 Å². The molecule has 0 aliphatic heterocycles. The number of carbonyl (C=O) groups excluding carboxylic acids is 2. The summed E-state index contributed by atoms with van der Waals surface area (Å²) in [6, 6.07) is -0.709. The van der Waals surface area contributed by atoms with Crippen LogP contribution in [0, 0.1) is 0 Å². The van der Waals surface area contributed by atoms with Crippen LogP contribution >= 0.6 is 0 Å². The lowest BCUT2D eigenvalue weighted by atomic mass is 10.0. The summed E-state index contributed by atoms with van der Waals surface area (Å²) in [5, 5.41) is 23.7. The molecule has 0 rings (SSSR count). The maximum Gasteiger partial charge on any atom is 0.306 e. The third-order valence-electron chi connectivity index (χ3n) is 10.9. The van der Waals surface area contributed by atoms with E-state index in [1.807, 2.05) is 0 Å². The first kappa shape index (κ1) is 54.8. The molecule has 3 atom stereocenters. The summed E-state index contributed by atoms with van der Waals surface area (Å²) in [6.07, 6.45) is 53.3. The molecule has 1 amide bonds. The number of esters is 1. The van der Waals surface area contributed by atoms with Crippen molar-refractivity contribution in [3.63, 3.8) is 0 Å². The van der Waals surface area contributed by atoms with Crippen LogP contribution in [0.1, 0.15) is 239 Å². The van der Waals surface area contributed by atoms with Gasteiger partial charge in [-0.25, -0.2) is 0 Å². The van der Waals surface area contributed by atoms with E-state index in [9.17, 15) is 19.8 Å². The first-order valence-corrected chi connectivity index (χ1v) is 24.4. The van der Waals surface area contributed by atoms with Crippen LogP contribution in [0.2, 0.25) is 0 Å². The number of ether oxygens (including phenoxy) is 1. The van der Waals surface area contributed by atoms with Crippen LogP contribution in [-0.4, -0.2) is 46.9 Å². The smallest absolute Gasteiger partial charge is 0.306 e. The number of aliphatic hydroxyl groups excluding tert-OH is 2. The van der Waals surface area contributed by atoms with Gasteiger partial charge < -0.3 is 20.3 Å². The highest BCUT2D eigenvalue weighted by atomic mass is 16.5. The van der Waals surface area contributed by atoms with Crippen molar-refractivity contribution in [1.29, 1.82) is 0 Å². The third-order valence-corrected chi connectivity index (χ3v) is 10.9. The van der Waals surface area contributed by atoms with Crippen molar-refractivity contribution >= 4 is 11.9 Å². The molecule has 0 fully saturated rings. The Labute approximate surface area is 353 Å². The van der Waals surface area contributed by atoms with E-state index in [1.54, 1.807) is 0 Å². The average Bonchev–Trinajstić information content (AvgIpc) is 3.20. The Morgan fingerprint density at radius 2 is 1.00 bits per heavy atom. The zero-order valence-corrected chi connectivity index (χ0v) is 37.7. The van der Waals surface area contributed by atoms with Crippen LogP contribution < -0.4 is 5.32 Å². The Bertz CT molecular complexity index is 988. The van der Waals surface area contributed by atoms with Crippen molar-refractivity contribution in [2.45, 2.75) is 257 Å². The predicted octanol–water partition coefficient (Wildman–Crippen LogP) is 14.3. The minimum absolute atomic E-state index is 0.0576. The Morgan fingerprint density at radius 3 is 1.56 bits per heavy atom. The first-order chi connectivity index (χ1) is 28.0. The molecule has 0 saturated heterocycles. The number of unbranched alkanes of at least 4 members (excludes halogenated alkanes) is 25. The highest BCUT2D eigenvalue weighted by molar-refractivity contribution is 5.77. The number of hydrogen-bond donors (Lipinski definition) is 3. The summed E-state index contributed by atoms with van der Waals surface area (Å²) in [7, 11) is 0. The maximum absolute atomic E-state index is 13.1. The molecule has 0 aromatic rings. The first-order valence-electron chi connectivity index (χ1n) is 24.4. The minimum Gasteiger partial charge on any atom is -0.462 e. The molecule has 0 aromatic carbocycles. The summed E-state index contributed by atoms with van der Waals surface area (Å²) < 4.78 is 5.87. The lowest BCUT2D eigenvalue weighted by Gasteiger charge is -2.24. The molecule has 6 heteroatoms. The average molecular weight is 800 g/mol. The van der Waals surface area contributed by atoms with Crippen molar-refractivity contribution in [2.24, 2.45) is 0 Å². The maximum atomic E-state index is 13.1. The van der Waals surface area contributed by atoms with Crippen LogP contribution in [0.3, 0.4) is 0 Å². The molecular formula is C51H93NO5. The van der Waals surface area contributed by atoms with E-state index in [1.165, 1.54) is 89.9 Å². The molecular weight excluding hydrogens is 707 g/mol. The zero-order valence-electron chi connectivity index (χ0n) is 37.7. The van der Waals surface area contributed by atoms with E-state index in [0.717, 1.165) is 103 Å². The van der Waals surface area contributed by atoms with Crippen LogP contribution in [-0.2, 0) is 14.3 Å². The molecule has 0 spiro atoms. The van der Waals surface area contributed by atoms with Gasteiger partial charge >= 0.3 is 5.97 Å². The van der Waals surface area contributed by atoms with Crippen molar-refractivity contribution in [3.05, 3.63) is 48.6 Å². The van der Waals surface area contributed by atoms with Gasteiger partial charge in [-0.05, 0) is 64.2 Å². The number of amides is 1. The summed E-state index contributed by atoms with van der Waals surface area (Å²) >= 11 is 0. The largest absolute Gasteiger partial charge is 0.462 e. The van der Waals surface area contributed by atoms with Gasteiger partial charge in [0.25, 0.3) is 0 Å². The van der Waals surface area contributed by atoms with Gasteiger partial charge in [0.2, 0.25) is 5.91 Å². The second kappa shape index (κ2) is 44.9. The van der Waals surface area contributed by atoms with Gasteiger partial charge in [-0.3, -0.25) is 9.59 Å². The fourth-order valence-corrected chi connectivity index (χ4v) is 7.26. The normalized spacial score (nSPS) is 13.7. The lowest BCUT2D eigenvalue weighted by Crippen LogP contribution is -2.46. The number of carbonyl (C=O) groups is 2. The van der Waals surface area contributed by atoms with Gasteiger partial charge in [-0.2, -0.15) is 0 Å². The number of hydrogen-bond acceptors (Lipinski definition) is 5. The van der Waals surface area contributed by atoms with E-state index in [4.69, 9.17) is 4.74 Å². The fraction of sp³-hybridized carbons (Fsp3) is 0.804. The molecule has 6 nitrogen and oxygen atoms in total. The molecule has 57 heavy (non-hydrogen) atoms. The molecule has 0 heterocycles. The molecule has 0 aliphatic carbocycles. The minimum atomic E-state index is -0.794. The van der Waals surface area contributed by atoms with E-state index in [0.29, 0.717) is 19.3 Å². The predicted molar refractivity (Wildman–Crippen MR) is 245 cm³/mol. The topological polar surface area (TPSA) is 95.9 Å². The molecule has 3 unspecified atom stereocenters. The molecule has 0 saturated carbocycles. The van der Waals surface area contributed by atoms with Crippen molar-refractivity contribution in [1.82, 2.24) is 5.32 Å². The molecule has 0 bridgehead atoms. The van der Waals surface area contributed by atoms with Gasteiger partial charge in [0, 0.05) is 6.42 Å². The SMILES string of the molecule is CC/C=C/C=C/C=C\CCCCCCCC(=O)OC(CCCCC/C=C\CCC)CC(=O)NC(CO)C(O)CCCCCCCCCCCCCCCCCCC. The van der Waals surface area contributed by atoms with Gasteiger partial charge in [-0.15, -0.1) is 0 Å². The highest BCUT2D eigenvalue weighted by Crippen LogP contribution is 2.17. The van der Waals surface area contributed by atoms with Gasteiger partial charge in [0.15, 0.2) is 0 Å². The second-order valence-corrected chi connectivity index (χ2v) is 16.5.